The Morgan fingerprint density at radius 2 is 2.11 bits per heavy atom. The highest BCUT2D eigenvalue weighted by atomic mass is 32.2. The molecule has 19 heavy (non-hydrogen) atoms. The third-order valence-corrected chi connectivity index (χ3v) is 4.14. The fourth-order valence-corrected chi connectivity index (χ4v) is 2.70. The molecule has 0 bridgehead atoms. The van der Waals surface area contributed by atoms with Crippen LogP contribution in [0.4, 0.5) is 0 Å². The van der Waals surface area contributed by atoms with Crippen molar-refractivity contribution in [2.45, 2.75) is 30.2 Å². The smallest absolute Gasteiger partial charge is 0.244 e. The lowest BCUT2D eigenvalue weighted by atomic mass is 10.1. The lowest BCUT2D eigenvalue weighted by molar-refractivity contribution is 0.297. The van der Waals surface area contributed by atoms with Crippen LogP contribution in [-0.2, 0) is 0 Å². The van der Waals surface area contributed by atoms with Crippen LogP contribution in [0.3, 0.4) is 0 Å². The van der Waals surface area contributed by atoms with E-state index < -0.39 is 0 Å². The molecule has 0 saturated carbocycles. The lowest BCUT2D eigenvalue weighted by Gasteiger charge is -2.19. The van der Waals surface area contributed by atoms with Gasteiger partial charge in [-0.25, -0.2) is 0 Å². The van der Waals surface area contributed by atoms with Gasteiger partial charge in [0.1, 0.15) is 0 Å². The van der Waals surface area contributed by atoms with Crippen molar-refractivity contribution in [1.29, 1.82) is 0 Å². The Morgan fingerprint density at radius 1 is 1.26 bits per heavy atom. The van der Waals surface area contributed by atoms with E-state index in [0.717, 1.165) is 18.5 Å². The van der Waals surface area contributed by atoms with Crippen LogP contribution in [0.2, 0.25) is 0 Å². The molecule has 100 valence electrons. The van der Waals surface area contributed by atoms with Crippen molar-refractivity contribution < 1.29 is 4.52 Å². The minimum absolute atomic E-state index is 0.223. The van der Waals surface area contributed by atoms with E-state index in [1.807, 2.05) is 12.1 Å². The maximum Gasteiger partial charge on any atom is 0.244 e. The summed E-state index contributed by atoms with van der Waals surface area (Å²) >= 11 is 1.73. The number of rotatable bonds is 3. The number of piperidine rings is 1. The summed E-state index contributed by atoms with van der Waals surface area (Å²) in [5.41, 5.74) is 1.00. The van der Waals surface area contributed by atoms with Gasteiger partial charge in [0.25, 0.3) is 0 Å². The van der Waals surface area contributed by atoms with Crippen molar-refractivity contribution in [3.05, 3.63) is 30.2 Å². The molecule has 5 heteroatoms. The molecular weight excluding hydrogens is 258 g/mol. The van der Waals surface area contributed by atoms with Gasteiger partial charge in [0.15, 0.2) is 0 Å². The number of benzene rings is 1. The van der Waals surface area contributed by atoms with Crippen LogP contribution in [0.5, 0.6) is 0 Å². The predicted octanol–water partition coefficient (Wildman–Crippen LogP) is 3.27. The Labute approximate surface area is 117 Å². The zero-order valence-electron chi connectivity index (χ0n) is 10.9. The Hall–Kier alpha value is -1.33. The van der Waals surface area contributed by atoms with Gasteiger partial charge in [0.2, 0.25) is 11.7 Å². The van der Waals surface area contributed by atoms with Crippen LogP contribution in [0.1, 0.15) is 31.2 Å². The molecule has 1 unspecified atom stereocenters. The van der Waals surface area contributed by atoms with Crippen molar-refractivity contribution in [3.8, 4) is 11.4 Å². The third-order valence-electron chi connectivity index (χ3n) is 3.40. The van der Waals surface area contributed by atoms with Gasteiger partial charge in [-0.3, -0.25) is 0 Å². The van der Waals surface area contributed by atoms with Crippen LogP contribution < -0.4 is 5.32 Å². The standard InChI is InChI=1S/C14H17N3OS/c1-19-11-7-5-10(6-8-11)13-16-14(18-17-13)12-4-2-3-9-15-12/h5-8,12,15H,2-4,9H2,1H3. The molecule has 1 aliphatic rings. The molecule has 0 spiro atoms. The molecule has 1 saturated heterocycles. The first-order chi connectivity index (χ1) is 9.36. The summed E-state index contributed by atoms with van der Waals surface area (Å²) in [6, 6.07) is 8.45. The van der Waals surface area contributed by atoms with Crippen molar-refractivity contribution >= 4 is 11.8 Å². The van der Waals surface area contributed by atoms with Crippen LogP contribution in [0, 0.1) is 0 Å². The maximum atomic E-state index is 5.39. The van der Waals surface area contributed by atoms with E-state index in [2.05, 4.69) is 33.8 Å². The number of hydrogen-bond acceptors (Lipinski definition) is 5. The first-order valence-corrected chi connectivity index (χ1v) is 7.81. The first kappa shape index (κ1) is 12.7. The van der Waals surface area contributed by atoms with E-state index in [1.54, 1.807) is 11.8 Å². The zero-order valence-corrected chi connectivity index (χ0v) is 11.7. The summed E-state index contributed by atoms with van der Waals surface area (Å²) in [6.45, 7) is 1.03. The van der Waals surface area contributed by atoms with Crippen LogP contribution >= 0.6 is 11.8 Å². The molecular formula is C14H17N3OS. The summed E-state index contributed by atoms with van der Waals surface area (Å²) < 4.78 is 5.39. The van der Waals surface area contributed by atoms with Gasteiger partial charge in [-0.1, -0.05) is 11.6 Å². The minimum atomic E-state index is 0.223. The molecule has 4 nitrogen and oxygen atoms in total. The highest BCUT2D eigenvalue weighted by molar-refractivity contribution is 7.98. The molecule has 0 radical (unpaired) electrons. The van der Waals surface area contributed by atoms with Crippen LogP contribution in [0.15, 0.2) is 33.7 Å². The van der Waals surface area contributed by atoms with Crippen molar-refractivity contribution in [1.82, 2.24) is 15.5 Å². The van der Waals surface area contributed by atoms with E-state index in [4.69, 9.17) is 4.52 Å². The van der Waals surface area contributed by atoms with Crippen LogP contribution in [-0.4, -0.2) is 22.9 Å². The molecule has 1 fully saturated rings. The molecule has 2 heterocycles. The zero-order chi connectivity index (χ0) is 13.1. The molecule has 1 aliphatic heterocycles. The van der Waals surface area contributed by atoms with E-state index in [9.17, 15) is 0 Å². The van der Waals surface area contributed by atoms with Gasteiger partial charge in [-0.15, -0.1) is 11.8 Å². The van der Waals surface area contributed by atoms with Gasteiger partial charge in [0, 0.05) is 10.5 Å². The number of hydrogen-bond donors (Lipinski definition) is 1. The van der Waals surface area contributed by atoms with Gasteiger partial charge < -0.3 is 9.84 Å². The van der Waals surface area contributed by atoms with E-state index in [-0.39, 0.29) is 6.04 Å². The second kappa shape index (κ2) is 5.75. The number of thioether (sulfide) groups is 1. The van der Waals surface area contributed by atoms with Gasteiger partial charge >= 0.3 is 0 Å². The average Bonchev–Trinajstić information content (AvgIpc) is 2.98. The fraction of sp³-hybridized carbons (Fsp3) is 0.429. The first-order valence-electron chi connectivity index (χ1n) is 6.58. The summed E-state index contributed by atoms with van der Waals surface area (Å²) in [7, 11) is 0. The SMILES string of the molecule is CSc1ccc(-c2noc(C3CCCCN3)n2)cc1. The third kappa shape index (κ3) is 2.82. The monoisotopic (exact) mass is 275 g/mol. The van der Waals surface area contributed by atoms with E-state index in [0.29, 0.717) is 11.7 Å². The summed E-state index contributed by atoms with van der Waals surface area (Å²) in [5.74, 6) is 1.39. The van der Waals surface area contributed by atoms with Crippen LogP contribution in [0.25, 0.3) is 11.4 Å². The summed E-state index contributed by atoms with van der Waals surface area (Å²) in [4.78, 5) is 5.75. The molecule has 1 N–H and O–H groups in total. The molecule has 1 atom stereocenters. The molecule has 0 aliphatic carbocycles. The molecule has 1 aromatic heterocycles. The summed E-state index contributed by atoms with van der Waals surface area (Å²) in [6.07, 6.45) is 5.59. The van der Waals surface area contributed by atoms with Gasteiger partial charge in [0.05, 0.1) is 6.04 Å². The summed E-state index contributed by atoms with van der Waals surface area (Å²) in [5, 5.41) is 7.50. The van der Waals surface area contributed by atoms with Crippen molar-refractivity contribution in [2.75, 3.05) is 12.8 Å². The number of nitrogens with zero attached hydrogens (tertiary/aromatic N) is 2. The number of aromatic nitrogens is 2. The van der Waals surface area contributed by atoms with Gasteiger partial charge in [-0.2, -0.15) is 4.98 Å². The Balaban J connectivity index is 1.79. The maximum absolute atomic E-state index is 5.39. The van der Waals surface area contributed by atoms with Crippen molar-refractivity contribution in [3.63, 3.8) is 0 Å². The Kier molecular flexibility index (Phi) is 3.84. The second-order valence-electron chi connectivity index (χ2n) is 4.69. The van der Waals surface area contributed by atoms with E-state index in [1.165, 1.54) is 17.7 Å². The fourth-order valence-electron chi connectivity index (χ4n) is 2.30. The largest absolute Gasteiger partial charge is 0.337 e. The average molecular weight is 275 g/mol. The molecule has 2 aromatic rings. The predicted molar refractivity (Wildman–Crippen MR) is 76.1 cm³/mol. The molecule has 3 rings (SSSR count). The van der Waals surface area contributed by atoms with Gasteiger partial charge in [-0.05, 0) is 49.9 Å². The Morgan fingerprint density at radius 3 is 2.79 bits per heavy atom. The Bertz CT molecular complexity index is 532. The van der Waals surface area contributed by atoms with E-state index >= 15 is 0 Å². The topological polar surface area (TPSA) is 51.0 Å². The highest BCUT2D eigenvalue weighted by Gasteiger charge is 2.21. The molecule has 1 aromatic carbocycles. The minimum Gasteiger partial charge on any atom is -0.337 e. The second-order valence-corrected chi connectivity index (χ2v) is 5.57. The molecule has 0 amide bonds. The van der Waals surface area contributed by atoms with Crippen molar-refractivity contribution in [2.24, 2.45) is 0 Å². The lowest BCUT2D eigenvalue weighted by Crippen LogP contribution is -2.26. The highest BCUT2D eigenvalue weighted by Crippen LogP contribution is 2.25. The number of nitrogens with one attached hydrogen (secondary N) is 1. The quantitative estimate of drug-likeness (QED) is 0.871. The normalized spacial score (nSPS) is 19.5.